The van der Waals surface area contributed by atoms with Crippen molar-refractivity contribution >= 4 is 52.3 Å². The van der Waals surface area contributed by atoms with Gasteiger partial charge in [0.05, 0.1) is 6.21 Å². The molecule has 1 aliphatic rings. The lowest BCUT2D eigenvalue weighted by Gasteiger charge is -2.32. The lowest BCUT2D eigenvalue weighted by atomic mass is 9.90. The summed E-state index contributed by atoms with van der Waals surface area (Å²) >= 11 is 2.38. The Labute approximate surface area is 236 Å². The van der Waals surface area contributed by atoms with Gasteiger partial charge in [-0.2, -0.15) is 20.1 Å². The molecular formula is C29H30IN7O. The molecule has 1 saturated heterocycles. The summed E-state index contributed by atoms with van der Waals surface area (Å²) in [6, 6.07) is 23.8. The predicted octanol–water partition coefficient (Wildman–Crippen LogP) is 6.14. The number of hydrogen-bond donors (Lipinski definition) is 3. The van der Waals surface area contributed by atoms with Gasteiger partial charge in [0.1, 0.15) is 5.75 Å². The highest BCUT2D eigenvalue weighted by molar-refractivity contribution is 14.1. The Kier molecular flexibility index (Phi) is 8.32. The number of halogens is 1. The van der Waals surface area contributed by atoms with Gasteiger partial charge < -0.3 is 15.3 Å². The normalized spacial score (nSPS) is 14.1. The van der Waals surface area contributed by atoms with Crippen LogP contribution >= 0.6 is 22.6 Å². The number of hydrazone groups is 1. The molecule has 3 N–H and O–H groups in total. The van der Waals surface area contributed by atoms with Crippen molar-refractivity contribution in [2.75, 3.05) is 28.7 Å². The van der Waals surface area contributed by atoms with Crippen LogP contribution in [0.5, 0.6) is 5.75 Å². The highest BCUT2D eigenvalue weighted by Gasteiger charge is 2.22. The Hall–Kier alpha value is -3.73. The molecule has 0 bridgehead atoms. The van der Waals surface area contributed by atoms with E-state index in [0.717, 1.165) is 38.0 Å². The minimum atomic E-state index is 0.157. The standard InChI is InChI=1S/C29H30IN7O/c1-20-9-11-25(12-10-20)32-27-33-28(36-31-19-23-6-2-3-8-26(23)38)35-29(34-27)37-15-13-21(14-16-37)17-22-5-4-7-24(30)18-22/h2-12,18-19,21,38H,13-17H2,1H3,(H2,32,33,34,35,36)/b31-19+. The quantitative estimate of drug-likeness (QED) is 0.124. The van der Waals surface area contributed by atoms with E-state index in [1.165, 1.54) is 14.7 Å². The van der Waals surface area contributed by atoms with Crippen LogP contribution in [0.3, 0.4) is 0 Å². The highest BCUT2D eigenvalue weighted by Crippen LogP contribution is 2.26. The van der Waals surface area contributed by atoms with Crippen LogP contribution in [0.2, 0.25) is 0 Å². The van der Waals surface area contributed by atoms with E-state index < -0.39 is 0 Å². The van der Waals surface area contributed by atoms with Gasteiger partial charge in [0.2, 0.25) is 17.8 Å². The number of rotatable bonds is 8. The van der Waals surface area contributed by atoms with Gasteiger partial charge in [0.15, 0.2) is 0 Å². The SMILES string of the molecule is Cc1ccc(Nc2nc(N/N=C/c3ccccc3O)nc(N3CCC(Cc4cccc(I)c4)CC3)n2)cc1. The summed E-state index contributed by atoms with van der Waals surface area (Å²) in [5.41, 5.74) is 6.98. The number of para-hydroxylation sites is 1. The molecule has 194 valence electrons. The molecule has 0 radical (unpaired) electrons. The average molecular weight is 620 g/mol. The van der Waals surface area contributed by atoms with Crippen LogP contribution in [-0.2, 0) is 6.42 Å². The van der Waals surface area contributed by atoms with Gasteiger partial charge in [0, 0.05) is 27.9 Å². The Morgan fingerprint density at radius 2 is 1.74 bits per heavy atom. The second-order valence-corrected chi connectivity index (χ2v) is 10.7. The Morgan fingerprint density at radius 1 is 0.974 bits per heavy atom. The first-order valence-corrected chi connectivity index (χ1v) is 13.8. The molecule has 0 atom stereocenters. The number of phenolic OH excluding ortho intramolecular Hbond substituents is 1. The van der Waals surface area contributed by atoms with Crippen LogP contribution in [0.1, 0.15) is 29.5 Å². The molecule has 4 aromatic rings. The third-order valence-electron chi connectivity index (χ3n) is 6.55. The van der Waals surface area contributed by atoms with Crippen LogP contribution in [0.15, 0.2) is 77.9 Å². The molecule has 1 fully saturated rings. The van der Waals surface area contributed by atoms with Crippen molar-refractivity contribution < 1.29 is 5.11 Å². The van der Waals surface area contributed by atoms with E-state index in [4.69, 9.17) is 4.98 Å². The zero-order chi connectivity index (χ0) is 26.3. The Balaban J connectivity index is 1.31. The maximum atomic E-state index is 10.0. The van der Waals surface area contributed by atoms with Gasteiger partial charge in [0.25, 0.3) is 0 Å². The monoisotopic (exact) mass is 619 g/mol. The smallest absolute Gasteiger partial charge is 0.250 e. The fraction of sp³-hybridized carbons (Fsp3) is 0.241. The Bertz CT molecular complexity index is 1400. The fourth-order valence-electron chi connectivity index (χ4n) is 4.47. The maximum absolute atomic E-state index is 10.0. The van der Waals surface area contributed by atoms with Crippen LogP contribution in [0.25, 0.3) is 0 Å². The summed E-state index contributed by atoms with van der Waals surface area (Å²) in [5, 5.41) is 17.5. The summed E-state index contributed by atoms with van der Waals surface area (Å²) < 4.78 is 1.28. The number of aromatic nitrogens is 3. The third-order valence-corrected chi connectivity index (χ3v) is 7.22. The maximum Gasteiger partial charge on any atom is 0.250 e. The first-order chi connectivity index (χ1) is 18.5. The number of hydrogen-bond acceptors (Lipinski definition) is 8. The van der Waals surface area contributed by atoms with Crippen molar-refractivity contribution in [2.45, 2.75) is 26.2 Å². The highest BCUT2D eigenvalue weighted by atomic mass is 127. The number of aryl methyl sites for hydroxylation is 1. The van der Waals surface area contributed by atoms with Crippen LogP contribution in [0, 0.1) is 16.4 Å². The fourth-order valence-corrected chi connectivity index (χ4v) is 5.08. The molecule has 3 aromatic carbocycles. The van der Waals surface area contributed by atoms with Crippen LogP contribution in [0.4, 0.5) is 23.5 Å². The predicted molar refractivity (Wildman–Crippen MR) is 161 cm³/mol. The van der Waals surface area contributed by atoms with Gasteiger partial charge in [-0.05, 0) is 96.7 Å². The van der Waals surface area contributed by atoms with Gasteiger partial charge >= 0.3 is 0 Å². The molecule has 1 aliphatic heterocycles. The molecule has 5 rings (SSSR count). The Morgan fingerprint density at radius 3 is 2.50 bits per heavy atom. The largest absolute Gasteiger partial charge is 0.507 e. The number of anilines is 4. The second kappa shape index (κ2) is 12.2. The van der Waals surface area contributed by atoms with Gasteiger partial charge in [-0.25, -0.2) is 5.43 Å². The number of phenols is 1. The summed E-state index contributed by atoms with van der Waals surface area (Å²) in [4.78, 5) is 16.1. The van der Waals surface area contributed by atoms with E-state index in [1.807, 2.05) is 30.3 Å². The molecule has 0 spiro atoms. The summed E-state index contributed by atoms with van der Waals surface area (Å²) in [5.74, 6) is 2.18. The average Bonchev–Trinajstić information content (AvgIpc) is 2.91. The second-order valence-electron chi connectivity index (χ2n) is 9.47. The summed E-state index contributed by atoms with van der Waals surface area (Å²) in [6.45, 7) is 3.81. The topological polar surface area (TPSA) is 98.6 Å². The first kappa shape index (κ1) is 25.9. The lowest BCUT2D eigenvalue weighted by Crippen LogP contribution is -2.35. The van der Waals surface area contributed by atoms with Crippen molar-refractivity contribution in [3.05, 3.63) is 93.1 Å². The number of piperidine rings is 1. The van der Waals surface area contributed by atoms with Gasteiger partial charge in [-0.15, -0.1) is 0 Å². The molecule has 9 heteroatoms. The van der Waals surface area contributed by atoms with Gasteiger partial charge in [-0.3, -0.25) is 0 Å². The van der Waals surface area contributed by atoms with Crippen molar-refractivity contribution in [1.82, 2.24) is 15.0 Å². The van der Waals surface area contributed by atoms with Crippen molar-refractivity contribution in [2.24, 2.45) is 11.0 Å². The third kappa shape index (κ3) is 6.97. The van der Waals surface area contributed by atoms with E-state index in [2.05, 4.69) is 84.5 Å². The molecule has 2 heterocycles. The molecule has 0 unspecified atom stereocenters. The molecular weight excluding hydrogens is 589 g/mol. The molecule has 0 aliphatic carbocycles. The zero-order valence-electron chi connectivity index (χ0n) is 21.2. The molecule has 38 heavy (non-hydrogen) atoms. The van der Waals surface area contributed by atoms with Crippen molar-refractivity contribution in [1.29, 1.82) is 0 Å². The van der Waals surface area contributed by atoms with E-state index in [-0.39, 0.29) is 5.75 Å². The van der Waals surface area contributed by atoms with Crippen molar-refractivity contribution in [3.63, 3.8) is 0 Å². The number of benzene rings is 3. The minimum Gasteiger partial charge on any atom is -0.507 e. The van der Waals surface area contributed by atoms with Gasteiger partial charge in [-0.1, -0.05) is 42.0 Å². The van der Waals surface area contributed by atoms with Crippen LogP contribution in [-0.4, -0.2) is 39.4 Å². The number of aromatic hydroxyl groups is 1. The number of nitrogens with one attached hydrogen (secondary N) is 2. The molecule has 1 aromatic heterocycles. The summed E-state index contributed by atoms with van der Waals surface area (Å²) in [6.07, 6.45) is 4.79. The van der Waals surface area contributed by atoms with Crippen molar-refractivity contribution in [3.8, 4) is 5.75 Å². The zero-order valence-corrected chi connectivity index (χ0v) is 23.3. The van der Waals surface area contributed by atoms with E-state index in [9.17, 15) is 5.11 Å². The van der Waals surface area contributed by atoms with E-state index in [0.29, 0.717) is 29.3 Å². The van der Waals surface area contributed by atoms with Crippen LogP contribution < -0.4 is 15.6 Å². The molecule has 0 saturated carbocycles. The lowest BCUT2D eigenvalue weighted by molar-refractivity contribution is 0.400. The molecule has 0 amide bonds. The summed E-state index contributed by atoms with van der Waals surface area (Å²) in [7, 11) is 0. The van der Waals surface area contributed by atoms with E-state index in [1.54, 1.807) is 24.4 Å². The first-order valence-electron chi connectivity index (χ1n) is 12.7. The van der Waals surface area contributed by atoms with E-state index >= 15 is 0 Å². The molecule has 8 nitrogen and oxygen atoms in total. The minimum absolute atomic E-state index is 0.157. The number of nitrogens with zero attached hydrogens (tertiary/aromatic N) is 5.